The molecule has 0 unspecified atom stereocenters. The lowest BCUT2D eigenvalue weighted by Gasteiger charge is -2.03. The molecule has 4 aromatic rings. The van der Waals surface area contributed by atoms with Crippen LogP contribution in [0.2, 0.25) is 0 Å². The Bertz CT molecular complexity index is 1450. The minimum Gasteiger partial charge on any atom is -0.465 e. The minimum absolute atomic E-state index is 0.427. The van der Waals surface area contributed by atoms with Crippen molar-refractivity contribution in [3.63, 3.8) is 0 Å². The van der Waals surface area contributed by atoms with E-state index in [1.165, 1.54) is 46.3 Å². The van der Waals surface area contributed by atoms with Crippen LogP contribution in [-0.4, -0.2) is 23.9 Å². The van der Waals surface area contributed by atoms with Crippen molar-refractivity contribution in [1.29, 1.82) is 5.26 Å². The SMILES string of the molecule is CCn1c2ccccc2c2cc(C=Nc3sc(/C(C)=C/C#N)c(C)c3C(=O)OC)ccc21. The molecule has 0 N–H and O–H groups in total. The number of hydrogen-bond acceptors (Lipinski definition) is 5. The summed E-state index contributed by atoms with van der Waals surface area (Å²) in [6.45, 7) is 6.76. The fourth-order valence-corrected chi connectivity index (χ4v) is 5.21. The van der Waals surface area contributed by atoms with Gasteiger partial charge >= 0.3 is 5.97 Å². The number of carbonyl (C=O) groups excluding carboxylic acids is 1. The summed E-state index contributed by atoms with van der Waals surface area (Å²) in [5.74, 6) is -0.427. The fraction of sp³-hybridized carbons (Fsp3) is 0.192. The highest BCUT2D eigenvalue weighted by Crippen LogP contribution is 2.39. The molecule has 0 bridgehead atoms. The number of hydrogen-bond donors (Lipinski definition) is 0. The minimum atomic E-state index is -0.427. The predicted octanol–water partition coefficient (Wildman–Crippen LogP) is 6.65. The van der Waals surface area contributed by atoms with Crippen LogP contribution in [0, 0.1) is 18.3 Å². The third-order valence-corrected chi connectivity index (χ3v) is 6.94. The van der Waals surface area contributed by atoms with Crippen molar-refractivity contribution in [3.8, 4) is 6.07 Å². The topological polar surface area (TPSA) is 67.4 Å². The second kappa shape index (κ2) is 8.81. The number of ether oxygens (including phenoxy) is 1. The first-order chi connectivity index (χ1) is 15.5. The number of nitrogens with zero attached hydrogens (tertiary/aromatic N) is 3. The summed E-state index contributed by atoms with van der Waals surface area (Å²) >= 11 is 1.39. The highest BCUT2D eigenvalue weighted by molar-refractivity contribution is 7.17. The van der Waals surface area contributed by atoms with Gasteiger partial charge in [0.25, 0.3) is 0 Å². The van der Waals surface area contributed by atoms with Gasteiger partial charge in [-0.2, -0.15) is 5.26 Å². The zero-order valence-electron chi connectivity index (χ0n) is 18.5. The van der Waals surface area contributed by atoms with Crippen LogP contribution in [0.3, 0.4) is 0 Å². The monoisotopic (exact) mass is 441 g/mol. The van der Waals surface area contributed by atoms with Gasteiger partial charge in [0.15, 0.2) is 0 Å². The van der Waals surface area contributed by atoms with Crippen LogP contribution < -0.4 is 0 Å². The Balaban J connectivity index is 1.82. The van der Waals surface area contributed by atoms with E-state index in [4.69, 9.17) is 10.00 Å². The zero-order chi connectivity index (χ0) is 22.8. The number of carbonyl (C=O) groups is 1. The maximum absolute atomic E-state index is 12.4. The highest BCUT2D eigenvalue weighted by Gasteiger charge is 2.22. The number of aliphatic imine (C=N–C) groups is 1. The quantitative estimate of drug-likeness (QED) is 0.198. The maximum atomic E-state index is 12.4. The molecule has 0 fully saturated rings. The van der Waals surface area contributed by atoms with Crippen molar-refractivity contribution in [1.82, 2.24) is 4.57 Å². The Hall–Kier alpha value is -3.69. The smallest absolute Gasteiger partial charge is 0.341 e. The second-order valence-corrected chi connectivity index (χ2v) is 8.48. The normalized spacial score (nSPS) is 12.0. The first kappa shape index (κ1) is 21.5. The van der Waals surface area contributed by atoms with Gasteiger partial charge in [-0.05, 0) is 55.7 Å². The summed E-state index contributed by atoms with van der Waals surface area (Å²) in [4.78, 5) is 18.0. The van der Waals surface area contributed by atoms with E-state index in [2.05, 4.69) is 52.9 Å². The zero-order valence-corrected chi connectivity index (χ0v) is 19.3. The molecule has 0 amide bonds. The Morgan fingerprint density at radius 3 is 2.69 bits per heavy atom. The lowest BCUT2D eigenvalue weighted by molar-refractivity contribution is 0.0601. The van der Waals surface area contributed by atoms with Gasteiger partial charge in [0.2, 0.25) is 0 Å². The van der Waals surface area contributed by atoms with E-state index in [1.54, 1.807) is 6.21 Å². The Morgan fingerprint density at radius 1 is 1.22 bits per heavy atom. The van der Waals surface area contributed by atoms with E-state index in [9.17, 15) is 4.79 Å². The maximum Gasteiger partial charge on any atom is 0.341 e. The first-order valence-corrected chi connectivity index (χ1v) is 11.1. The molecular formula is C26H23N3O2S. The molecular weight excluding hydrogens is 418 g/mol. The van der Waals surface area contributed by atoms with Crippen molar-refractivity contribution < 1.29 is 9.53 Å². The number of aryl methyl sites for hydroxylation is 1. The molecule has 0 aliphatic heterocycles. The molecule has 2 aromatic carbocycles. The highest BCUT2D eigenvalue weighted by atomic mass is 32.1. The Labute approximate surface area is 190 Å². The molecule has 0 atom stereocenters. The molecule has 0 saturated carbocycles. The van der Waals surface area contributed by atoms with Gasteiger partial charge in [0, 0.05) is 45.5 Å². The van der Waals surface area contributed by atoms with E-state index >= 15 is 0 Å². The molecule has 5 nitrogen and oxygen atoms in total. The van der Waals surface area contributed by atoms with Gasteiger partial charge in [-0.1, -0.05) is 24.3 Å². The van der Waals surface area contributed by atoms with Crippen LogP contribution in [0.5, 0.6) is 0 Å². The van der Waals surface area contributed by atoms with E-state index in [-0.39, 0.29) is 0 Å². The average Bonchev–Trinajstić information content (AvgIpc) is 3.31. The number of thiophene rings is 1. The van der Waals surface area contributed by atoms with Crippen LogP contribution in [0.4, 0.5) is 5.00 Å². The summed E-state index contributed by atoms with van der Waals surface area (Å²) in [7, 11) is 1.36. The third kappa shape index (κ3) is 3.61. The number of methoxy groups -OCH3 is 1. The molecule has 6 heteroatoms. The lowest BCUT2D eigenvalue weighted by Crippen LogP contribution is -2.02. The van der Waals surface area contributed by atoms with Crippen LogP contribution in [0.1, 0.15) is 40.2 Å². The summed E-state index contributed by atoms with van der Waals surface area (Å²) in [5.41, 5.74) is 5.37. The van der Waals surface area contributed by atoms with Gasteiger partial charge in [-0.3, -0.25) is 0 Å². The summed E-state index contributed by atoms with van der Waals surface area (Å²) in [6.07, 6.45) is 3.26. The lowest BCUT2D eigenvalue weighted by atomic mass is 10.1. The van der Waals surface area contributed by atoms with Gasteiger partial charge in [-0.15, -0.1) is 11.3 Å². The van der Waals surface area contributed by atoms with Crippen molar-refractivity contribution >= 4 is 55.9 Å². The van der Waals surface area contributed by atoms with Crippen molar-refractivity contribution in [3.05, 3.63) is 70.1 Å². The number of aromatic nitrogens is 1. The molecule has 0 aliphatic carbocycles. The summed E-state index contributed by atoms with van der Waals surface area (Å²) < 4.78 is 7.30. The molecule has 2 aromatic heterocycles. The number of para-hydroxylation sites is 1. The van der Waals surface area contributed by atoms with Crippen LogP contribution in [0.15, 0.2) is 53.5 Å². The third-order valence-electron chi connectivity index (χ3n) is 5.60. The Kier molecular flexibility index (Phi) is 5.93. The van der Waals surface area contributed by atoms with Gasteiger partial charge in [0.05, 0.1) is 18.7 Å². The largest absolute Gasteiger partial charge is 0.465 e. The molecule has 2 heterocycles. The van der Waals surface area contributed by atoms with Crippen molar-refractivity contribution in [2.24, 2.45) is 4.99 Å². The number of benzene rings is 2. The number of esters is 1. The van der Waals surface area contributed by atoms with E-state index in [0.717, 1.165) is 28.1 Å². The van der Waals surface area contributed by atoms with Crippen LogP contribution in [-0.2, 0) is 11.3 Å². The van der Waals surface area contributed by atoms with Crippen molar-refractivity contribution in [2.45, 2.75) is 27.3 Å². The first-order valence-electron chi connectivity index (χ1n) is 10.3. The van der Waals surface area contributed by atoms with Gasteiger partial charge < -0.3 is 9.30 Å². The number of nitriles is 1. The van der Waals surface area contributed by atoms with E-state index in [1.807, 2.05) is 26.0 Å². The molecule has 0 aliphatic rings. The molecule has 160 valence electrons. The second-order valence-electron chi connectivity index (χ2n) is 7.48. The average molecular weight is 442 g/mol. The number of rotatable bonds is 5. The molecule has 32 heavy (non-hydrogen) atoms. The summed E-state index contributed by atoms with van der Waals surface area (Å²) in [5, 5.41) is 12.0. The fourth-order valence-electron chi connectivity index (χ4n) is 4.10. The van der Waals surface area contributed by atoms with E-state index < -0.39 is 5.97 Å². The Morgan fingerprint density at radius 2 is 1.97 bits per heavy atom. The molecule has 4 rings (SSSR count). The predicted molar refractivity (Wildman–Crippen MR) is 132 cm³/mol. The van der Waals surface area contributed by atoms with E-state index in [0.29, 0.717) is 10.6 Å². The number of allylic oxidation sites excluding steroid dienone is 2. The van der Waals surface area contributed by atoms with Gasteiger partial charge in [0.1, 0.15) is 5.00 Å². The van der Waals surface area contributed by atoms with Crippen LogP contribution >= 0.6 is 11.3 Å². The van der Waals surface area contributed by atoms with Crippen LogP contribution in [0.25, 0.3) is 27.4 Å². The number of fused-ring (bicyclic) bond motifs is 3. The molecule has 0 saturated heterocycles. The molecule has 0 radical (unpaired) electrons. The van der Waals surface area contributed by atoms with Gasteiger partial charge in [-0.25, -0.2) is 9.79 Å². The standard InChI is InChI=1S/C26H23N3O2S/c1-5-29-21-9-7-6-8-19(21)20-14-18(10-11-22(20)29)15-28-25-23(26(30)31-4)17(3)24(32-25)16(2)12-13-27/h6-12,14-15H,5H2,1-4H3/b16-12+,28-15?. The van der Waals surface area contributed by atoms with Crippen molar-refractivity contribution in [2.75, 3.05) is 7.11 Å². The summed E-state index contributed by atoms with van der Waals surface area (Å²) in [6, 6.07) is 16.7. The molecule has 0 spiro atoms.